The van der Waals surface area contributed by atoms with Crippen LogP contribution >= 0.6 is 11.6 Å². The summed E-state index contributed by atoms with van der Waals surface area (Å²) in [4.78, 5) is 38.9. The first-order valence-corrected chi connectivity index (χ1v) is 10.7. The number of para-hydroxylation sites is 1. The standard InChI is InChI=1S/C23H24ClN3O4/c1-15-6-4-5-13-23(15)21(29)27(22(30)26-23)14-20(28)25-16-9-11-17(12-10-16)31-19-8-3-2-7-18(19)24/h2-3,7-12,15H,4-6,13-14H2,1H3,(H,25,28)(H,26,30)/t15-,23+/m0/s1. The molecule has 31 heavy (non-hydrogen) atoms. The number of amides is 4. The molecule has 162 valence electrons. The Morgan fingerprint density at radius 2 is 1.94 bits per heavy atom. The highest BCUT2D eigenvalue weighted by Gasteiger charge is 2.55. The summed E-state index contributed by atoms with van der Waals surface area (Å²) < 4.78 is 5.73. The zero-order chi connectivity index (χ0) is 22.0. The number of nitrogens with zero attached hydrogens (tertiary/aromatic N) is 1. The number of imide groups is 1. The molecular weight excluding hydrogens is 418 g/mol. The average molecular weight is 442 g/mol. The predicted octanol–water partition coefficient (Wildman–Crippen LogP) is 4.57. The van der Waals surface area contributed by atoms with Crippen LogP contribution in [0, 0.1) is 5.92 Å². The Hall–Kier alpha value is -3.06. The highest BCUT2D eigenvalue weighted by Crippen LogP contribution is 2.38. The lowest BCUT2D eigenvalue weighted by atomic mass is 9.73. The summed E-state index contributed by atoms with van der Waals surface area (Å²) in [6.45, 7) is 1.66. The van der Waals surface area contributed by atoms with E-state index in [0.717, 1.165) is 24.2 Å². The molecule has 1 spiro atoms. The quantitative estimate of drug-likeness (QED) is 0.665. The predicted molar refractivity (Wildman–Crippen MR) is 117 cm³/mol. The lowest BCUT2D eigenvalue weighted by Crippen LogP contribution is -2.54. The summed E-state index contributed by atoms with van der Waals surface area (Å²) in [5.41, 5.74) is -0.336. The molecule has 2 aromatic rings. The van der Waals surface area contributed by atoms with Crippen LogP contribution in [-0.2, 0) is 9.59 Å². The summed E-state index contributed by atoms with van der Waals surface area (Å²) in [5, 5.41) is 6.07. The Morgan fingerprint density at radius 1 is 1.19 bits per heavy atom. The number of ether oxygens (including phenoxy) is 1. The molecule has 2 atom stereocenters. The monoisotopic (exact) mass is 441 g/mol. The van der Waals surface area contributed by atoms with E-state index in [4.69, 9.17) is 16.3 Å². The molecule has 0 radical (unpaired) electrons. The molecule has 8 heteroatoms. The van der Waals surface area contributed by atoms with E-state index in [-0.39, 0.29) is 18.4 Å². The molecule has 2 N–H and O–H groups in total. The van der Waals surface area contributed by atoms with E-state index in [9.17, 15) is 14.4 Å². The van der Waals surface area contributed by atoms with Crippen molar-refractivity contribution >= 4 is 35.1 Å². The van der Waals surface area contributed by atoms with Gasteiger partial charge in [-0.2, -0.15) is 0 Å². The molecule has 4 amide bonds. The van der Waals surface area contributed by atoms with Gasteiger partial charge >= 0.3 is 6.03 Å². The van der Waals surface area contributed by atoms with Crippen LogP contribution in [0.2, 0.25) is 5.02 Å². The number of rotatable bonds is 5. The van der Waals surface area contributed by atoms with Crippen LogP contribution in [0.1, 0.15) is 32.6 Å². The molecule has 1 saturated carbocycles. The van der Waals surface area contributed by atoms with Crippen LogP contribution in [-0.4, -0.2) is 34.8 Å². The van der Waals surface area contributed by atoms with Crippen LogP contribution in [0.3, 0.4) is 0 Å². The molecule has 1 heterocycles. The molecule has 0 unspecified atom stereocenters. The zero-order valence-electron chi connectivity index (χ0n) is 17.2. The zero-order valence-corrected chi connectivity index (χ0v) is 17.9. The van der Waals surface area contributed by atoms with Gasteiger partial charge in [0.2, 0.25) is 5.91 Å². The normalized spacial score (nSPS) is 23.0. The van der Waals surface area contributed by atoms with Crippen LogP contribution < -0.4 is 15.4 Å². The van der Waals surface area contributed by atoms with Crippen LogP contribution in [0.5, 0.6) is 11.5 Å². The summed E-state index contributed by atoms with van der Waals surface area (Å²) in [7, 11) is 0. The SMILES string of the molecule is C[C@H]1CCCC[C@@]12NC(=O)N(CC(=O)Nc1ccc(Oc3ccccc3Cl)cc1)C2=O. The number of nitrogens with one attached hydrogen (secondary N) is 2. The second kappa shape index (κ2) is 8.59. The second-order valence-corrected chi connectivity index (χ2v) is 8.45. The number of benzene rings is 2. The van der Waals surface area contributed by atoms with Crippen molar-refractivity contribution < 1.29 is 19.1 Å². The fourth-order valence-electron chi connectivity index (χ4n) is 4.24. The second-order valence-electron chi connectivity index (χ2n) is 8.04. The molecule has 4 rings (SSSR count). The Kier molecular flexibility index (Phi) is 5.87. The van der Waals surface area contributed by atoms with Gasteiger partial charge < -0.3 is 15.4 Å². The third-order valence-electron chi connectivity index (χ3n) is 6.01. The first kappa shape index (κ1) is 21.2. The third-order valence-corrected chi connectivity index (χ3v) is 6.32. The van der Waals surface area contributed by atoms with Gasteiger partial charge in [0.05, 0.1) is 5.02 Å². The van der Waals surface area contributed by atoms with Gasteiger partial charge in [0.25, 0.3) is 5.91 Å². The molecule has 0 aromatic heterocycles. The van der Waals surface area contributed by atoms with Crippen molar-refractivity contribution in [3.05, 3.63) is 53.6 Å². The maximum atomic E-state index is 13.0. The third kappa shape index (κ3) is 4.23. The Balaban J connectivity index is 1.37. The van der Waals surface area contributed by atoms with Gasteiger partial charge in [0.1, 0.15) is 23.6 Å². The first-order valence-electron chi connectivity index (χ1n) is 10.4. The number of anilines is 1. The van der Waals surface area contributed by atoms with E-state index in [1.54, 1.807) is 36.4 Å². The smallest absolute Gasteiger partial charge is 0.325 e. The molecule has 2 aliphatic rings. The van der Waals surface area contributed by atoms with Crippen molar-refractivity contribution in [1.29, 1.82) is 0 Å². The number of urea groups is 1. The van der Waals surface area contributed by atoms with Crippen molar-refractivity contribution in [2.75, 3.05) is 11.9 Å². The van der Waals surface area contributed by atoms with Crippen molar-refractivity contribution in [3.63, 3.8) is 0 Å². The molecule has 1 aliphatic heterocycles. The molecule has 2 aromatic carbocycles. The largest absolute Gasteiger partial charge is 0.456 e. The van der Waals surface area contributed by atoms with Crippen molar-refractivity contribution in [2.24, 2.45) is 5.92 Å². The summed E-state index contributed by atoms with van der Waals surface area (Å²) in [6, 6.07) is 13.4. The lowest BCUT2D eigenvalue weighted by Gasteiger charge is -2.36. The van der Waals surface area contributed by atoms with E-state index in [1.807, 2.05) is 19.1 Å². The van der Waals surface area contributed by atoms with Gasteiger partial charge in [-0.05, 0) is 55.2 Å². The van der Waals surface area contributed by atoms with Crippen molar-refractivity contribution in [2.45, 2.75) is 38.1 Å². The molecule has 2 fully saturated rings. The van der Waals surface area contributed by atoms with Crippen LogP contribution in [0.15, 0.2) is 48.5 Å². The topological polar surface area (TPSA) is 87.7 Å². The molecule has 1 saturated heterocycles. The number of carbonyl (C=O) groups excluding carboxylic acids is 3. The number of hydrogen-bond donors (Lipinski definition) is 2. The maximum absolute atomic E-state index is 13.0. The van der Waals surface area contributed by atoms with E-state index >= 15 is 0 Å². The average Bonchev–Trinajstić information content (AvgIpc) is 2.98. The van der Waals surface area contributed by atoms with Gasteiger partial charge in [0, 0.05) is 5.69 Å². The summed E-state index contributed by atoms with van der Waals surface area (Å²) >= 11 is 6.09. The lowest BCUT2D eigenvalue weighted by molar-refractivity contribution is -0.136. The highest BCUT2D eigenvalue weighted by molar-refractivity contribution is 6.32. The number of halogens is 1. The fraction of sp³-hybridized carbons (Fsp3) is 0.348. The maximum Gasteiger partial charge on any atom is 0.325 e. The van der Waals surface area contributed by atoms with Gasteiger partial charge in [-0.25, -0.2) is 4.79 Å². The Morgan fingerprint density at radius 3 is 2.65 bits per heavy atom. The van der Waals surface area contributed by atoms with Gasteiger partial charge in [-0.3, -0.25) is 14.5 Å². The first-order chi connectivity index (χ1) is 14.9. The van der Waals surface area contributed by atoms with Crippen LogP contribution in [0.25, 0.3) is 0 Å². The summed E-state index contributed by atoms with van der Waals surface area (Å²) in [6.07, 6.45) is 3.43. The number of carbonyl (C=O) groups is 3. The van der Waals surface area contributed by atoms with E-state index in [0.29, 0.717) is 28.6 Å². The van der Waals surface area contributed by atoms with Crippen LogP contribution in [0.4, 0.5) is 10.5 Å². The highest BCUT2D eigenvalue weighted by atomic mass is 35.5. The van der Waals surface area contributed by atoms with Crippen molar-refractivity contribution in [1.82, 2.24) is 10.2 Å². The van der Waals surface area contributed by atoms with Gasteiger partial charge in [0.15, 0.2) is 0 Å². The minimum absolute atomic E-state index is 0.0522. The van der Waals surface area contributed by atoms with Gasteiger partial charge in [-0.1, -0.05) is 43.5 Å². The molecule has 0 bridgehead atoms. The van der Waals surface area contributed by atoms with Crippen molar-refractivity contribution in [3.8, 4) is 11.5 Å². The number of hydrogen-bond acceptors (Lipinski definition) is 4. The molecule has 7 nitrogen and oxygen atoms in total. The minimum Gasteiger partial charge on any atom is -0.456 e. The Bertz CT molecular complexity index is 1010. The van der Waals surface area contributed by atoms with E-state index < -0.39 is 17.5 Å². The Labute approximate surface area is 185 Å². The molecular formula is C23H24ClN3O4. The van der Waals surface area contributed by atoms with Gasteiger partial charge in [-0.15, -0.1) is 0 Å². The summed E-state index contributed by atoms with van der Waals surface area (Å²) in [5.74, 6) is 0.405. The minimum atomic E-state index is -0.868. The molecule has 1 aliphatic carbocycles. The van der Waals surface area contributed by atoms with E-state index in [1.165, 1.54) is 0 Å². The van der Waals surface area contributed by atoms with E-state index in [2.05, 4.69) is 10.6 Å². The fourth-order valence-corrected chi connectivity index (χ4v) is 4.42.